The van der Waals surface area contributed by atoms with E-state index < -0.39 is 0 Å². The van der Waals surface area contributed by atoms with E-state index in [0.29, 0.717) is 5.41 Å². The Hall–Kier alpha value is -1.16. The van der Waals surface area contributed by atoms with E-state index in [-0.39, 0.29) is 5.82 Å². The van der Waals surface area contributed by atoms with Crippen molar-refractivity contribution >= 4 is 26.7 Å². The number of nitrogens with zero attached hydrogens (tertiary/aromatic N) is 1. The minimum Gasteiger partial charge on any atom is -0.361 e. The first kappa shape index (κ1) is 10.7. The summed E-state index contributed by atoms with van der Waals surface area (Å²) in [5, 5.41) is 4.40. The highest BCUT2D eigenvalue weighted by atomic mass is 32.1. The Kier molecular flexibility index (Phi) is 2.19. The number of thiazole rings is 1. The molecule has 0 bridgehead atoms. The average Bonchev–Trinajstić information content (AvgIpc) is 3.22. The minimum atomic E-state index is -0.212. The van der Waals surface area contributed by atoms with Gasteiger partial charge in [0.15, 0.2) is 5.13 Å². The fraction of sp³-hybridized carbons (Fsp3) is 0.500. The predicted molar refractivity (Wildman–Crippen MR) is 72.5 cm³/mol. The molecule has 2 fully saturated rings. The minimum absolute atomic E-state index is 0.212. The zero-order chi connectivity index (χ0) is 12.2. The Bertz CT molecular complexity index is 599. The van der Waals surface area contributed by atoms with Crippen LogP contribution in [0.5, 0.6) is 0 Å². The largest absolute Gasteiger partial charge is 0.361 e. The third kappa shape index (κ3) is 1.79. The van der Waals surface area contributed by atoms with E-state index in [2.05, 4.69) is 10.3 Å². The van der Waals surface area contributed by atoms with Gasteiger partial charge in [-0.2, -0.15) is 0 Å². The van der Waals surface area contributed by atoms with Crippen LogP contribution in [0.15, 0.2) is 18.2 Å². The molecule has 0 spiro atoms. The Balaban J connectivity index is 1.52. The topological polar surface area (TPSA) is 24.9 Å². The van der Waals surface area contributed by atoms with Crippen LogP contribution in [0.3, 0.4) is 0 Å². The molecule has 94 valence electrons. The first-order chi connectivity index (χ1) is 8.75. The van der Waals surface area contributed by atoms with Gasteiger partial charge in [0.1, 0.15) is 5.82 Å². The molecule has 2 nitrogen and oxygen atoms in total. The van der Waals surface area contributed by atoms with E-state index in [1.165, 1.54) is 37.8 Å². The number of hydrogen-bond donors (Lipinski definition) is 1. The maximum Gasteiger partial charge on any atom is 0.183 e. The van der Waals surface area contributed by atoms with E-state index >= 15 is 0 Å². The van der Waals surface area contributed by atoms with Crippen molar-refractivity contribution in [3.63, 3.8) is 0 Å². The molecule has 1 aromatic heterocycles. The van der Waals surface area contributed by atoms with Gasteiger partial charge in [-0.15, -0.1) is 0 Å². The van der Waals surface area contributed by atoms with Crippen LogP contribution in [0.1, 0.15) is 25.7 Å². The molecule has 1 heterocycles. The van der Waals surface area contributed by atoms with Crippen LogP contribution in [0.25, 0.3) is 10.2 Å². The van der Waals surface area contributed by atoms with E-state index in [9.17, 15) is 4.39 Å². The smallest absolute Gasteiger partial charge is 0.183 e. The number of benzene rings is 1. The summed E-state index contributed by atoms with van der Waals surface area (Å²) in [6.45, 7) is 1.04. The quantitative estimate of drug-likeness (QED) is 0.899. The van der Waals surface area contributed by atoms with Gasteiger partial charge >= 0.3 is 0 Å². The number of anilines is 1. The van der Waals surface area contributed by atoms with Gasteiger partial charge in [-0.1, -0.05) is 11.3 Å². The summed E-state index contributed by atoms with van der Waals surface area (Å²) in [4.78, 5) is 4.45. The van der Waals surface area contributed by atoms with Crippen LogP contribution < -0.4 is 5.32 Å². The van der Waals surface area contributed by atoms with Gasteiger partial charge in [0, 0.05) is 12.6 Å². The Morgan fingerprint density at radius 1 is 1.39 bits per heavy atom. The van der Waals surface area contributed by atoms with Crippen molar-refractivity contribution in [2.75, 3.05) is 11.9 Å². The summed E-state index contributed by atoms with van der Waals surface area (Å²) in [6.07, 6.45) is 5.55. The van der Waals surface area contributed by atoms with E-state index in [1.54, 1.807) is 17.4 Å². The molecule has 0 saturated heterocycles. The molecule has 0 aliphatic heterocycles. The van der Waals surface area contributed by atoms with Gasteiger partial charge in [0.05, 0.1) is 10.2 Å². The fourth-order valence-corrected chi connectivity index (χ4v) is 3.66. The molecule has 2 aliphatic rings. The molecule has 0 unspecified atom stereocenters. The lowest BCUT2D eigenvalue weighted by atomic mass is 10.0. The van der Waals surface area contributed by atoms with Gasteiger partial charge < -0.3 is 5.32 Å². The molecule has 0 atom stereocenters. The van der Waals surface area contributed by atoms with Gasteiger partial charge in [-0.05, 0) is 49.1 Å². The lowest BCUT2D eigenvalue weighted by Crippen LogP contribution is -2.17. The molecule has 4 heteroatoms. The summed E-state index contributed by atoms with van der Waals surface area (Å²) in [6, 6.07) is 4.81. The van der Waals surface area contributed by atoms with Crippen LogP contribution in [-0.2, 0) is 0 Å². The van der Waals surface area contributed by atoms with Crippen LogP contribution in [0, 0.1) is 17.2 Å². The van der Waals surface area contributed by atoms with Gasteiger partial charge in [-0.3, -0.25) is 0 Å². The molecular formula is C14H15FN2S. The maximum atomic E-state index is 13.1. The first-order valence-electron chi connectivity index (χ1n) is 6.55. The summed E-state index contributed by atoms with van der Waals surface area (Å²) in [5.74, 6) is 0.743. The third-order valence-electron chi connectivity index (χ3n) is 4.28. The Labute approximate surface area is 109 Å². The lowest BCUT2D eigenvalue weighted by molar-refractivity contribution is 0.467. The normalized spacial score (nSPS) is 21.2. The number of hydrogen-bond acceptors (Lipinski definition) is 3. The van der Waals surface area contributed by atoms with E-state index in [4.69, 9.17) is 0 Å². The standard InChI is InChI=1S/C14H15FN2S/c15-10-3-4-12-11(7-10)17-13(18-12)16-8-14(5-6-14)9-1-2-9/h3-4,7,9H,1-2,5-6,8H2,(H,16,17). The van der Waals surface area contributed by atoms with Gasteiger partial charge in [-0.25, -0.2) is 9.37 Å². The number of fused-ring (bicyclic) bond motifs is 1. The fourth-order valence-electron chi connectivity index (χ4n) is 2.81. The second-order valence-electron chi connectivity index (χ2n) is 5.62. The molecule has 4 rings (SSSR count). The molecule has 2 aromatic rings. The molecular weight excluding hydrogens is 247 g/mol. The van der Waals surface area contributed by atoms with Crippen molar-refractivity contribution in [2.24, 2.45) is 11.3 Å². The number of aromatic nitrogens is 1. The molecule has 2 aliphatic carbocycles. The summed E-state index contributed by atoms with van der Waals surface area (Å²) < 4.78 is 14.1. The zero-order valence-corrected chi connectivity index (χ0v) is 10.9. The van der Waals surface area contributed by atoms with Gasteiger partial charge in [0.2, 0.25) is 0 Å². The van der Waals surface area contributed by atoms with Crippen molar-refractivity contribution in [3.05, 3.63) is 24.0 Å². The highest BCUT2D eigenvalue weighted by molar-refractivity contribution is 7.22. The summed E-state index contributed by atoms with van der Waals surface area (Å²) in [5.41, 5.74) is 1.34. The number of nitrogens with one attached hydrogen (secondary N) is 1. The molecule has 1 N–H and O–H groups in total. The monoisotopic (exact) mass is 262 g/mol. The molecule has 2 saturated carbocycles. The SMILES string of the molecule is Fc1ccc2sc(NCC3(C4CC4)CC3)nc2c1. The van der Waals surface area contributed by atoms with Crippen molar-refractivity contribution in [3.8, 4) is 0 Å². The van der Waals surface area contributed by atoms with Crippen LogP contribution in [-0.4, -0.2) is 11.5 Å². The molecule has 0 amide bonds. The van der Waals surface area contributed by atoms with Crippen LogP contribution in [0.4, 0.5) is 9.52 Å². The summed E-state index contributed by atoms with van der Waals surface area (Å²) >= 11 is 1.62. The van der Waals surface area contributed by atoms with Crippen molar-refractivity contribution < 1.29 is 4.39 Å². The predicted octanol–water partition coefficient (Wildman–Crippen LogP) is 4.04. The first-order valence-corrected chi connectivity index (χ1v) is 7.37. The molecule has 0 radical (unpaired) electrons. The second kappa shape index (κ2) is 3.67. The number of rotatable bonds is 4. The van der Waals surface area contributed by atoms with Crippen molar-refractivity contribution in [2.45, 2.75) is 25.7 Å². The second-order valence-corrected chi connectivity index (χ2v) is 6.65. The van der Waals surface area contributed by atoms with Crippen molar-refractivity contribution in [1.29, 1.82) is 0 Å². The lowest BCUT2D eigenvalue weighted by Gasteiger charge is -2.13. The Morgan fingerprint density at radius 2 is 2.22 bits per heavy atom. The highest BCUT2D eigenvalue weighted by Crippen LogP contribution is 2.61. The highest BCUT2D eigenvalue weighted by Gasteiger charge is 2.53. The van der Waals surface area contributed by atoms with Crippen LogP contribution >= 0.6 is 11.3 Å². The summed E-state index contributed by atoms with van der Waals surface area (Å²) in [7, 11) is 0. The van der Waals surface area contributed by atoms with Crippen LogP contribution in [0.2, 0.25) is 0 Å². The Morgan fingerprint density at radius 3 is 2.94 bits per heavy atom. The van der Waals surface area contributed by atoms with Crippen molar-refractivity contribution in [1.82, 2.24) is 4.98 Å². The average molecular weight is 262 g/mol. The van der Waals surface area contributed by atoms with E-state index in [0.717, 1.165) is 27.8 Å². The third-order valence-corrected chi connectivity index (χ3v) is 5.27. The molecule has 18 heavy (non-hydrogen) atoms. The zero-order valence-electron chi connectivity index (χ0n) is 10.1. The maximum absolute atomic E-state index is 13.1. The number of halogens is 1. The van der Waals surface area contributed by atoms with Gasteiger partial charge in [0.25, 0.3) is 0 Å². The molecule has 1 aromatic carbocycles. The van der Waals surface area contributed by atoms with E-state index in [1.807, 2.05) is 0 Å².